The first-order chi connectivity index (χ1) is 14.4. The van der Waals surface area contributed by atoms with Crippen LogP contribution in [0.2, 0.25) is 0 Å². The fourth-order valence-electron chi connectivity index (χ4n) is 3.75. The van der Waals surface area contributed by atoms with Gasteiger partial charge in [0.05, 0.1) is 19.1 Å². The predicted molar refractivity (Wildman–Crippen MR) is 112 cm³/mol. The molecule has 0 radical (unpaired) electrons. The minimum absolute atomic E-state index is 0.0585. The summed E-state index contributed by atoms with van der Waals surface area (Å²) >= 11 is 0. The first-order valence-corrected chi connectivity index (χ1v) is 11.1. The third-order valence-electron chi connectivity index (χ3n) is 5.29. The van der Waals surface area contributed by atoms with Crippen molar-refractivity contribution in [3.05, 3.63) is 48.7 Å². The van der Waals surface area contributed by atoms with Crippen LogP contribution in [0, 0.1) is 0 Å². The molecule has 0 aliphatic carbocycles. The molecule has 0 spiro atoms. The summed E-state index contributed by atoms with van der Waals surface area (Å²) in [6.07, 6.45) is 6.24. The van der Waals surface area contributed by atoms with Crippen LogP contribution in [0.5, 0.6) is 5.75 Å². The number of hydrogen-bond acceptors (Lipinski definition) is 7. The third-order valence-corrected chi connectivity index (χ3v) is 7.04. The van der Waals surface area contributed by atoms with E-state index in [-0.39, 0.29) is 16.9 Å². The molecule has 1 atom stereocenters. The summed E-state index contributed by atoms with van der Waals surface area (Å²) < 4.78 is 34.4. The highest BCUT2D eigenvalue weighted by Crippen LogP contribution is 2.35. The number of aryl methyl sites for hydroxylation is 1. The summed E-state index contributed by atoms with van der Waals surface area (Å²) in [5.74, 6) is 0.827. The van der Waals surface area contributed by atoms with Gasteiger partial charge in [0.1, 0.15) is 5.75 Å². The quantitative estimate of drug-likeness (QED) is 0.661. The van der Waals surface area contributed by atoms with Gasteiger partial charge in [-0.3, -0.25) is 0 Å². The molecule has 3 heterocycles. The van der Waals surface area contributed by atoms with Crippen LogP contribution < -0.4 is 10.5 Å². The van der Waals surface area contributed by atoms with E-state index in [2.05, 4.69) is 15.0 Å². The molecule has 0 saturated carbocycles. The Kier molecular flexibility index (Phi) is 5.44. The van der Waals surface area contributed by atoms with Gasteiger partial charge >= 0.3 is 0 Å². The molecule has 9 nitrogen and oxygen atoms in total. The molecule has 0 bridgehead atoms. The Morgan fingerprint density at radius 3 is 2.63 bits per heavy atom. The summed E-state index contributed by atoms with van der Waals surface area (Å²) in [7, 11) is -0.306. The van der Waals surface area contributed by atoms with Crippen molar-refractivity contribution in [2.24, 2.45) is 7.05 Å². The lowest BCUT2D eigenvalue weighted by Gasteiger charge is -2.32. The fraction of sp³-hybridized carbons (Fsp3) is 0.350. The van der Waals surface area contributed by atoms with Gasteiger partial charge in [0, 0.05) is 44.0 Å². The van der Waals surface area contributed by atoms with E-state index < -0.39 is 10.0 Å². The maximum atomic E-state index is 13.0. The number of hydrogen-bond donors (Lipinski definition) is 1. The average Bonchev–Trinajstić information content (AvgIpc) is 3.21. The van der Waals surface area contributed by atoms with Crippen LogP contribution >= 0.6 is 0 Å². The lowest BCUT2D eigenvalue weighted by Crippen LogP contribution is -2.39. The molecule has 2 aromatic heterocycles. The molecule has 4 rings (SSSR count). The van der Waals surface area contributed by atoms with Gasteiger partial charge in [-0.15, -0.1) is 0 Å². The molecule has 1 aliphatic heterocycles. The van der Waals surface area contributed by atoms with Crippen molar-refractivity contribution in [1.82, 2.24) is 23.8 Å². The summed E-state index contributed by atoms with van der Waals surface area (Å²) in [4.78, 5) is 12.7. The predicted octanol–water partition coefficient (Wildman–Crippen LogP) is 2.04. The van der Waals surface area contributed by atoms with Crippen molar-refractivity contribution in [2.45, 2.75) is 23.8 Å². The van der Waals surface area contributed by atoms with Crippen LogP contribution in [-0.4, -0.2) is 52.4 Å². The number of methoxy groups -OCH3 is 1. The summed E-state index contributed by atoms with van der Waals surface area (Å²) in [5.41, 5.74) is 8.41. The molecule has 1 aliphatic rings. The fourth-order valence-corrected chi connectivity index (χ4v) is 5.24. The molecule has 1 aromatic carbocycles. The summed E-state index contributed by atoms with van der Waals surface area (Å²) in [6.45, 7) is 0.770. The lowest BCUT2D eigenvalue weighted by molar-refractivity contribution is 0.312. The zero-order valence-electron chi connectivity index (χ0n) is 16.9. The monoisotopic (exact) mass is 428 g/mol. The van der Waals surface area contributed by atoms with Crippen LogP contribution in [0.15, 0.2) is 48.0 Å². The van der Waals surface area contributed by atoms with Crippen LogP contribution in [0.25, 0.3) is 11.1 Å². The minimum atomic E-state index is -3.67. The van der Waals surface area contributed by atoms with E-state index in [4.69, 9.17) is 10.5 Å². The minimum Gasteiger partial charge on any atom is -0.497 e. The van der Waals surface area contributed by atoms with Crippen molar-refractivity contribution >= 4 is 16.0 Å². The first kappa shape index (κ1) is 20.3. The smallest absolute Gasteiger partial charge is 0.262 e. The second-order valence-corrected chi connectivity index (χ2v) is 9.22. The van der Waals surface area contributed by atoms with Gasteiger partial charge in [0.2, 0.25) is 5.95 Å². The number of ether oxygens (including phenoxy) is 1. The standard InChI is InChI=1S/C20H24N6O3S/c1-25-12-18(23-13-25)30(27,28)26-9-3-4-15(11-26)19-17(10-22-20(21)24-19)14-5-7-16(29-2)8-6-14/h5-8,10,12-13,15H,3-4,9,11H2,1-2H3,(H2,21,22,24)/t15-/m0/s1. The normalized spacial score (nSPS) is 17.7. The zero-order chi connectivity index (χ0) is 21.3. The number of anilines is 1. The number of aromatic nitrogens is 4. The Bertz CT molecular complexity index is 1140. The van der Waals surface area contributed by atoms with Crippen molar-refractivity contribution in [2.75, 3.05) is 25.9 Å². The number of rotatable bonds is 5. The lowest BCUT2D eigenvalue weighted by atomic mass is 9.91. The van der Waals surface area contributed by atoms with Gasteiger partial charge in [0.25, 0.3) is 10.0 Å². The SMILES string of the molecule is COc1ccc(-c2cnc(N)nc2[C@H]2CCCN(S(=O)(=O)c3cn(C)cn3)C2)cc1. The van der Waals surface area contributed by atoms with Gasteiger partial charge in [-0.05, 0) is 30.5 Å². The molecule has 30 heavy (non-hydrogen) atoms. The number of nitrogen functional groups attached to an aromatic ring is 1. The van der Waals surface area contributed by atoms with Crippen LogP contribution in [0.4, 0.5) is 5.95 Å². The molecule has 0 amide bonds. The van der Waals surface area contributed by atoms with E-state index in [1.807, 2.05) is 24.3 Å². The molecule has 1 fully saturated rings. The van der Waals surface area contributed by atoms with Crippen LogP contribution in [0.1, 0.15) is 24.5 Å². The van der Waals surface area contributed by atoms with Crippen LogP contribution in [-0.2, 0) is 17.1 Å². The van der Waals surface area contributed by atoms with Crippen LogP contribution in [0.3, 0.4) is 0 Å². The molecule has 2 N–H and O–H groups in total. The van der Waals surface area contributed by atoms with E-state index in [0.29, 0.717) is 13.1 Å². The summed E-state index contributed by atoms with van der Waals surface area (Å²) in [6, 6.07) is 7.60. The van der Waals surface area contributed by atoms with Crippen molar-refractivity contribution < 1.29 is 13.2 Å². The zero-order valence-corrected chi connectivity index (χ0v) is 17.7. The van der Waals surface area contributed by atoms with Gasteiger partial charge in [-0.25, -0.2) is 23.4 Å². The maximum Gasteiger partial charge on any atom is 0.262 e. The number of imidazole rings is 1. The average molecular weight is 429 g/mol. The number of benzene rings is 1. The largest absolute Gasteiger partial charge is 0.497 e. The summed E-state index contributed by atoms with van der Waals surface area (Å²) in [5, 5.41) is 0.0585. The van der Waals surface area contributed by atoms with E-state index in [0.717, 1.165) is 35.4 Å². The van der Waals surface area contributed by atoms with Gasteiger partial charge < -0.3 is 15.0 Å². The Morgan fingerprint density at radius 2 is 1.97 bits per heavy atom. The molecule has 3 aromatic rings. The van der Waals surface area contributed by atoms with Crippen molar-refractivity contribution in [3.63, 3.8) is 0 Å². The molecular formula is C20H24N6O3S. The third kappa shape index (κ3) is 3.88. The Morgan fingerprint density at radius 1 is 1.20 bits per heavy atom. The first-order valence-electron chi connectivity index (χ1n) is 9.63. The highest BCUT2D eigenvalue weighted by Gasteiger charge is 2.34. The van der Waals surface area contributed by atoms with E-state index in [1.54, 1.807) is 24.9 Å². The Hall–Kier alpha value is -2.98. The molecule has 0 unspecified atom stereocenters. The van der Waals surface area contributed by atoms with Crippen molar-refractivity contribution in [1.29, 1.82) is 0 Å². The molecule has 158 valence electrons. The van der Waals surface area contributed by atoms with E-state index >= 15 is 0 Å². The molecular weight excluding hydrogens is 404 g/mol. The topological polar surface area (TPSA) is 116 Å². The van der Waals surface area contributed by atoms with Gasteiger partial charge in [-0.2, -0.15) is 4.31 Å². The van der Waals surface area contributed by atoms with Gasteiger partial charge in [0.15, 0.2) is 5.03 Å². The van der Waals surface area contributed by atoms with E-state index in [1.165, 1.54) is 16.8 Å². The Labute approximate surface area is 175 Å². The molecule has 10 heteroatoms. The second-order valence-electron chi connectivity index (χ2n) is 7.34. The second kappa shape index (κ2) is 8.04. The highest BCUT2D eigenvalue weighted by atomic mass is 32.2. The van der Waals surface area contributed by atoms with Crippen molar-refractivity contribution in [3.8, 4) is 16.9 Å². The maximum absolute atomic E-state index is 13.0. The highest BCUT2D eigenvalue weighted by molar-refractivity contribution is 7.89. The number of nitrogens with two attached hydrogens (primary N) is 1. The number of piperidine rings is 1. The number of nitrogens with zero attached hydrogens (tertiary/aromatic N) is 5. The molecule has 1 saturated heterocycles. The number of sulfonamides is 1. The van der Waals surface area contributed by atoms with Gasteiger partial charge in [-0.1, -0.05) is 12.1 Å². The Balaban J connectivity index is 1.67. The van der Waals surface area contributed by atoms with E-state index in [9.17, 15) is 8.42 Å².